The third-order valence-electron chi connectivity index (χ3n) is 2.23. The molecule has 0 aromatic heterocycles. The minimum atomic E-state index is -0.297. The Hall–Kier alpha value is -2.27. The van der Waals surface area contributed by atoms with Crippen LogP contribution in [0.1, 0.15) is 5.56 Å². The van der Waals surface area contributed by atoms with E-state index in [-0.39, 0.29) is 5.82 Å². The molecule has 0 saturated heterocycles. The van der Waals surface area contributed by atoms with Gasteiger partial charge in [0, 0.05) is 5.56 Å². The monoisotopic (exact) mass is 211 g/mol. The molecule has 0 saturated carbocycles. The minimum absolute atomic E-state index is 0.297. The summed E-state index contributed by atoms with van der Waals surface area (Å²) in [5.74, 6) is 2.25. The quantitative estimate of drug-likeness (QED) is 0.749. The molecule has 0 radical (unpaired) electrons. The van der Waals surface area contributed by atoms with Crippen LogP contribution < -0.4 is 5.32 Å². The minimum Gasteiger partial charge on any atom is -0.352 e. The average molecular weight is 211 g/mol. The van der Waals surface area contributed by atoms with Gasteiger partial charge in [0.05, 0.1) is 11.4 Å². The number of benzene rings is 2. The summed E-state index contributed by atoms with van der Waals surface area (Å²) >= 11 is 0. The second-order valence-corrected chi connectivity index (χ2v) is 3.29. The number of terminal acetylenes is 1. The molecule has 16 heavy (non-hydrogen) atoms. The fourth-order valence-electron chi connectivity index (χ4n) is 1.43. The topological polar surface area (TPSA) is 12.0 Å². The van der Waals surface area contributed by atoms with Crippen molar-refractivity contribution in [3.63, 3.8) is 0 Å². The van der Waals surface area contributed by atoms with E-state index in [0.717, 1.165) is 5.69 Å². The van der Waals surface area contributed by atoms with Crippen LogP contribution in [0.5, 0.6) is 0 Å². The van der Waals surface area contributed by atoms with Gasteiger partial charge in [-0.3, -0.25) is 0 Å². The van der Waals surface area contributed by atoms with Crippen molar-refractivity contribution in [3.8, 4) is 12.3 Å². The maximum atomic E-state index is 13.4. The van der Waals surface area contributed by atoms with Gasteiger partial charge in [0.25, 0.3) is 0 Å². The summed E-state index contributed by atoms with van der Waals surface area (Å²) in [6, 6.07) is 13.8. The zero-order chi connectivity index (χ0) is 11.4. The van der Waals surface area contributed by atoms with Crippen LogP contribution in [0.15, 0.2) is 48.5 Å². The molecule has 0 fully saturated rings. The zero-order valence-electron chi connectivity index (χ0n) is 8.57. The molecule has 0 atom stereocenters. The number of anilines is 2. The van der Waals surface area contributed by atoms with Gasteiger partial charge < -0.3 is 5.32 Å². The Morgan fingerprint density at radius 1 is 0.938 bits per heavy atom. The van der Waals surface area contributed by atoms with Crippen molar-refractivity contribution < 1.29 is 4.39 Å². The molecule has 2 heteroatoms. The highest BCUT2D eigenvalue weighted by molar-refractivity contribution is 5.67. The van der Waals surface area contributed by atoms with Gasteiger partial charge in [0.1, 0.15) is 5.82 Å². The third-order valence-corrected chi connectivity index (χ3v) is 2.23. The van der Waals surface area contributed by atoms with Gasteiger partial charge in [-0.25, -0.2) is 4.39 Å². The van der Waals surface area contributed by atoms with Crippen molar-refractivity contribution >= 4 is 11.4 Å². The van der Waals surface area contributed by atoms with Crippen molar-refractivity contribution in [2.75, 3.05) is 5.32 Å². The van der Waals surface area contributed by atoms with E-state index in [1.54, 1.807) is 18.2 Å². The molecule has 0 aliphatic heterocycles. The summed E-state index contributed by atoms with van der Waals surface area (Å²) in [7, 11) is 0. The van der Waals surface area contributed by atoms with Crippen molar-refractivity contribution in [1.82, 2.24) is 0 Å². The first-order chi connectivity index (χ1) is 7.81. The number of rotatable bonds is 2. The van der Waals surface area contributed by atoms with Gasteiger partial charge in [-0.05, 0) is 24.3 Å². The molecule has 1 nitrogen and oxygen atoms in total. The molecule has 2 rings (SSSR count). The Balaban J connectivity index is 2.35. The molecule has 0 unspecified atom stereocenters. The molecule has 78 valence electrons. The summed E-state index contributed by atoms with van der Waals surface area (Å²) in [5, 5.41) is 2.97. The van der Waals surface area contributed by atoms with Gasteiger partial charge in [-0.2, -0.15) is 0 Å². The number of halogens is 1. The molecule has 0 amide bonds. The zero-order valence-corrected chi connectivity index (χ0v) is 8.57. The van der Waals surface area contributed by atoms with E-state index >= 15 is 0 Å². The van der Waals surface area contributed by atoms with E-state index in [2.05, 4.69) is 11.2 Å². The molecule has 1 N–H and O–H groups in total. The summed E-state index contributed by atoms with van der Waals surface area (Å²) < 4.78 is 13.4. The molecule has 0 spiro atoms. The molecule has 0 aliphatic rings. The van der Waals surface area contributed by atoms with Crippen LogP contribution in [-0.4, -0.2) is 0 Å². The lowest BCUT2D eigenvalue weighted by Gasteiger charge is -2.09. The van der Waals surface area contributed by atoms with Crippen LogP contribution >= 0.6 is 0 Å². The number of hydrogen-bond acceptors (Lipinski definition) is 1. The maximum absolute atomic E-state index is 13.4. The normalized spacial score (nSPS) is 9.50. The van der Waals surface area contributed by atoms with E-state index in [9.17, 15) is 4.39 Å². The Labute approximate surface area is 93.9 Å². The number of para-hydroxylation sites is 2. The smallest absolute Gasteiger partial charge is 0.146 e. The third kappa shape index (κ3) is 2.04. The standard InChI is InChI=1S/C14H10FN/c1-2-11-7-3-5-9-13(11)16-14-10-6-4-8-12(14)15/h1,3-10,16H. The predicted molar refractivity (Wildman–Crippen MR) is 64.1 cm³/mol. The van der Waals surface area contributed by atoms with Gasteiger partial charge in [0.15, 0.2) is 0 Å². The SMILES string of the molecule is C#Cc1ccccc1Nc1ccccc1F. The number of hydrogen-bond donors (Lipinski definition) is 1. The van der Waals surface area contributed by atoms with Crippen molar-refractivity contribution in [3.05, 3.63) is 59.9 Å². The highest BCUT2D eigenvalue weighted by atomic mass is 19.1. The lowest BCUT2D eigenvalue weighted by Crippen LogP contribution is -1.95. The maximum Gasteiger partial charge on any atom is 0.146 e. The van der Waals surface area contributed by atoms with E-state index in [0.29, 0.717) is 11.3 Å². The van der Waals surface area contributed by atoms with Crippen LogP contribution in [0.3, 0.4) is 0 Å². The summed E-state index contributed by atoms with van der Waals surface area (Å²) in [6.07, 6.45) is 5.36. The molecule has 0 bridgehead atoms. The molecule has 2 aromatic carbocycles. The average Bonchev–Trinajstić information content (AvgIpc) is 2.33. The predicted octanol–water partition coefficient (Wildman–Crippen LogP) is 3.55. The fourth-order valence-corrected chi connectivity index (χ4v) is 1.43. The summed E-state index contributed by atoms with van der Waals surface area (Å²) in [4.78, 5) is 0. The van der Waals surface area contributed by atoms with Crippen molar-refractivity contribution in [2.24, 2.45) is 0 Å². The largest absolute Gasteiger partial charge is 0.352 e. The Bertz CT molecular complexity index is 540. The number of nitrogens with one attached hydrogen (secondary N) is 1. The molecular weight excluding hydrogens is 201 g/mol. The van der Waals surface area contributed by atoms with Crippen LogP contribution in [0.4, 0.5) is 15.8 Å². The summed E-state index contributed by atoms with van der Waals surface area (Å²) in [6.45, 7) is 0. The van der Waals surface area contributed by atoms with Crippen LogP contribution in [0.2, 0.25) is 0 Å². The van der Waals surface area contributed by atoms with E-state index in [1.807, 2.05) is 24.3 Å². The Morgan fingerprint density at radius 2 is 1.56 bits per heavy atom. The van der Waals surface area contributed by atoms with Crippen LogP contribution in [0.25, 0.3) is 0 Å². The van der Waals surface area contributed by atoms with E-state index in [1.165, 1.54) is 6.07 Å². The van der Waals surface area contributed by atoms with Crippen LogP contribution in [-0.2, 0) is 0 Å². The van der Waals surface area contributed by atoms with Crippen molar-refractivity contribution in [1.29, 1.82) is 0 Å². The molecule has 2 aromatic rings. The lowest BCUT2D eigenvalue weighted by atomic mass is 10.2. The highest BCUT2D eigenvalue weighted by Crippen LogP contribution is 2.22. The molecule has 0 aliphatic carbocycles. The Morgan fingerprint density at radius 3 is 2.25 bits per heavy atom. The van der Waals surface area contributed by atoms with E-state index in [4.69, 9.17) is 6.42 Å². The first-order valence-electron chi connectivity index (χ1n) is 4.88. The van der Waals surface area contributed by atoms with Gasteiger partial charge >= 0.3 is 0 Å². The fraction of sp³-hybridized carbons (Fsp3) is 0. The second-order valence-electron chi connectivity index (χ2n) is 3.29. The first-order valence-corrected chi connectivity index (χ1v) is 4.88. The highest BCUT2D eigenvalue weighted by Gasteiger charge is 2.03. The first kappa shape index (κ1) is 10.3. The Kier molecular flexibility index (Phi) is 2.88. The van der Waals surface area contributed by atoms with Crippen molar-refractivity contribution in [2.45, 2.75) is 0 Å². The van der Waals surface area contributed by atoms with E-state index < -0.39 is 0 Å². The summed E-state index contributed by atoms with van der Waals surface area (Å²) in [5.41, 5.74) is 1.87. The second kappa shape index (κ2) is 4.50. The lowest BCUT2D eigenvalue weighted by molar-refractivity contribution is 0.632. The molecule has 0 heterocycles. The molecular formula is C14H10FN. The van der Waals surface area contributed by atoms with Gasteiger partial charge in [-0.15, -0.1) is 6.42 Å². The van der Waals surface area contributed by atoms with Crippen LogP contribution in [0, 0.1) is 18.2 Å². The van der Waals surface area contributed by atoms with Gasteiger partial charge in [-0.1, -0.05) is 30.2 Å². The van der Waals surface area contributed by atoms with Gasteiger partial charge in [0.2, 0.25) is 0 Å².